The van der Waals surface area contributed by atoms with Crippen molar-refractivity contribution in [3.63, 3.8) is 0 Å². The van der Waals surface area contributed by atoms with Gasteiger partial charge in [-0.2, -0.15) is 0 Å². The lowest BCUT2D eigenvalue weighted by Crippen LogP contribution is -2.65. The van der Waals surface area contributed by atoms with Crippen LogP contribution in [0.4, 0.5) is 0 Å². The number of benzene rings is 2. The second kappa shape index (κ2) is 9.10. The molecule has 2 N–H and O–H groups in total. The van der Waals surface area contributed by atoms with E-state index in [1.807, 2.05) is 0 Å². The molecule has 0 radical (unpaired) electrons. The molecule has 4 atom stereocenters. The van der Waals surface area contributed by atoms with Crippen molar-refractivity contribution in [2.75, 3.05) is 34.7 Å². The van der Waals surface area contributed by atoms with Crippen LogP contribution >= 0.6 is 0 Å². The number of ether oxygens (including phenoxy) is 7. The van der Waals surface area contributed by atoms with Crippen LogP contribution in [0.1, 0.15) is 42.6 Å². The number of fused-ring (bicyclic) bond motifs is 3. The maximum Gasteiger partial charge on any atom is 0.342 e. The second-order valence-electron chi connectivity index (χ2n) is 9.22. The highest BCUT2D eigenvalue weighted by atomic mass is 16.7. The lowest BCUT2D eigenvalue weighted by Gasteiger charge is -2.48. The molecule has 1 saturated heterocycles. The minimum Gasteiger partial charge on any atom is -0.493 e. The van der Waals surface area contributed by atoms with Gasteiger partial charge in [-0.3, -0.25) is 0 Å². The Hall–Kier alpha value is -3.96. The number of rotatable bonds is 6. The molecular formula is C27H28O11. The monoisotopic (exact) mass is 528 g/mol. The second-order valence-corrected chi connectivity index (χ2v) is 9.22. The van der Waals surface area contributed by atoms with Crippen molar-refractivity contribution in [3.8, 4) is 28.7 Å². The number of cyclic esters (lactones) is 1. The topological polar surface area (TPSA) is 139 Å². The van der Waals surface area contributed by atoms with Crippen LogP contribution in [-0.2, 0) is 19.1 Å². The fourth-order valence-electron chi connectivity index (χ4n) is 5.37. The fraction of sp³-hybridized carbons (Fsp3) is 0.407. The van der Waals surface area contributed by atoms with Crippen molar-refractivity contribution >= 4 is 11.9 Å². The summed E-state index contributed by atoms with van der Waals surface area (Å²) in [5.41, 5.74) is -3.86. The third-order valence-electron chi connectivity index (χ3n) is 7.43. The van der Waals surface area contributed by atoms with Crippen LogP contribution in [0.2, 0.25) is 0 Å². The molecule has 3 aliphatic rings. The van der Waals surface area contributed by atoms with E-state index in [0.717, 1.165) is 0 Å². The number of aliphatic hydroxyl groups is 2. The third-order valence-corrected chi connectivity index (χ3v) is 7.43. The first-order chi connectivity index (χ1) is 18.2. The quantitative estimate of drug-likeness (QED) is 0.421. The van der Waals surface area contributed by atoms with Crippen LogP contribution < -0.4 is 23.7 Å². The molecule has 11 heteroatoms. The van der Waals surface area contributed by atoms with E-state index in [4.69, 9.17) is 33.2 Å². The molecule has 0 aromatic heterocycles. The molecule has 1 aliphatic carbocycles. The van der Waals surface area contributed by atoms with Crippen LogP contribution in [0.15, 0.2) is 35.9 Å². The zero-order valence-electron chi connectivity index (χ0n) is 21.5. The molecule has 0 unspecified atom stereocenters. The number of methoxy groups -OCH3 is 3. The van der Waals surface area contributed by atoms with E-state index in [-0.39, 0.29) is 40.7 Å². The Labute approximate surface area is 218 Å². The lowest BCUT2D eigenvalue weighted by atomic mass is 9.60. The van der Waals surface area contributed by atoms with Gasteiger partial charge in [-0.1, -0.05) is 12.1 Å². The molecule has 0 saturated carbocycles. The molecule has 2 heterocycles. The van der Waals surface area contributed by atoms with Crippen molar-refractivity contribution in [1.29, 1.82) is 0 Å². The molecule has 0 amide bonds. The first-order valence-corrected chi connectivity index (χ1v) is 11.8. The molecule has 1 fully saturated rings. The summed E-state index contributed by atoms with van der Waals surface area (Å²) in [5.74, 6) is -1.73. The normalized spacial score (nSPS) is 27.2. The van der Waals surface area contributed by atoms with Crippen LogP contribution in [0, 0.1) is 0 Å². The zero-order chi connectivity index (χ0) is 27.4. The molecule has 0 spiro atoms. The predicted octanol–water partition coefficient (Wildman–Crippen LogP) is 2.16. The van der Waals surface area contributed by atoms with Crippen molar-refractivity contribution in [2.45, 2.75) is 37.1 Å². The Kier molecular flexibility index (Phi) is 6.15. The van der Waals surface area contributed by atoms with E-state index in [1.165, 1.54) is 27.4 Å². The molecule has 202 valence electrons. The summed E-state index contributed by atoms with van der Waals surface area (Å²) >= 11 is 0. The summed E-state index contributed by atoms with van der Waals surface area (Å²) in [7, 11) is 4.21. The Bertz CT molecular complexity index is 1350. The molecule has 2 aromatic carbocycles. The van der Waals surface area contributed by atoms with E-state index in [2.05, 4.69) is 0 Å². The summed E-state index contributed by atoms with van der Waals surface area (Å²) in [6.07, 6.45) is -0.00114. The number of carbonyl (C=O) groups excluding carboxylic acids is 2. The zero-order valence-corrected chi connectivity index (χ0v) is 21.5. The van der Waals surface area contributed by atoms with Gasteiger partial charge in [0, 0.05) is 16.7 Å². The van der Waals surface area contributed by atoms with Gasteiger partial charge >= 0.3 is 11.9 Å². The summed E-state index contributed by atoms with van der Waals surface area (Å²) in [4.78, 5) is 26.3. The maximum atomic E-state index is 13.3. The summed E-state index contributed by atoms with van der Waals surface area (Å²) in [6.45, 7) is 2.58. The van der Waals surface area contributed by atoms with Gasteiger partial charge in [-0.05, 0) is 37.6 Å². The van der Waals surface area contributed by atoms with Gasteiger partial charge in [0.15, 0.2) is 34.7 Å². The molecule has 11 nitrogen and oxygen atoms in total. The van der Waals surface area contributed by atoms with E-state index in [1.54, 1.807) is 38.1 Å². The summed E-state index contributed by atoms with van der Waals surface area (Å²) in [6, 6.07) is 6.40. The standard InChI is InChI=1S/C27H28O11/c1-6-13(2)24(28)38-23-15-10-18(32-3)21(33-4)22(34-5)19(15)20(27(31)25(29)35-11-26(23,27)30)14-7-8-16-17(9-14)37-12-36-16/h6-10,20,23,30-31H,11-12H2,1-5H3/t20-,23-,26-,27-/m1/s1. The largest absolute Gasteiger partial charge is 0.493 e. The Morgan fingerprint density at radius 1 is 1.03 bits per heavy atom. The molecule has 2 aromatic rings. The third kappa shape index (κ3) is 3.35. The highest BCUT2D eigenvalue weighted by Crippen LogP contribution is 2.62. The number of hydrogen-bond acceptors (Lipinski definition) is 11. The average Bonchev–Trinajstić information content (AvgIpc) is 3.49. The van der Waals surface area contributed by atoms with Gasteiger partial charge < -0.3 is 43.4 Å². The van der Waals surface area contributed by atoms with Crippen LogP contribution in [-0.4, -0.2) is 68.1 Å². The number of hydrogen-bond donors (Lipinski definition) is 2. The van der Waals surface area contributed by atoms with Crippen molar-refractivity contribution in [2.24, 2.45) is 0 Å². The van der Waals surface area contributed by atoms with Crippen molar-refractivity contribution in [3.05, 3.63) is 52.6 Å². The highest BCUT2D eigenvalue weighted by Gasteiger charge is 2.74. The van der Waals surface area contributed by atoms with Crippen LogP contribution in [0.5, 0.6) is 28.7 Å². The van der Waals surface area contributed by atoms with E-state index < -0.39 is 41.8 Å². The van der Waals surface area contributed by atoms with E-state index in [0.29, 0.717) is 17.1 Å². The fourth-order valence-corrected chi connectivity index (χ4v) is 5.37. The van der Waals surface area contributed by atoms with Crippen LogP contribution in [0.3, 0.4) is 0 Å². The van der Waals surface area contributed by atoms with Gasteiger partial charge in [0.1, 0.15) is 6.61 Å². The number of allylic oxidation sites excluding steroid dienone is 1. The van der Waals surface area contributed by atoms with Gasteiger partial charge in [0.25, 0.3) is 0 Å². The summed E-state index contributed by atoms with van der Waals surface area (Å²) in [5, 5.41) is 24.3. The maximum absolute atomic E-state index is 13.3. The van der Waals surface area contributed by atoms with Gasteiger partial charge in [-0.15, -0.1) is 0 Å². The number of carbonyl (C=O) groups is 2. The predicted molar refractivity (Wildman–Crippen MR) is 130 cm³/mol. The molecule has 5 rings (SSSR count). The van der Waals surface area contributed by atoms with Crippen LogP contribution in [0.25, 0.3) is 0 Å². The molecule has 38 heavy (non-hydrogen) atoms. The minimum absolute atomic E-state index is 0.00690. The first-order valence-electron chi connectivity index (χ1n) is 11.8. The average molecular weight is 529 g/mol. The number of esters is 2. The van der Waals surface area contributed by atoms with Gasteiger partial charge in [0.2, 0.25) is 18.1 Å². The Morgan fingerprint density at radius 2 is 1.74 bits per heavy atom. The molecule has 2 aliphatic heterocycles. The van der Waals surface area contributed by atoms with Crippen molar-refractivity contribution in [1.82, 2.24) is 0 Å². The highest BCUT2D eigenvalue weighted by molar-refractivity contribution is 5.90. The minimum atomic E-state index is -2.60. The lowest BCUT2D eigenvalue weighted by molar-refractivity contribution is -0.208. The SMILES string of the molecule is CC=C(C)C(=O)O[C@@H]1c2cc(OC)c(OC)c(OC)c2[C@@H](c2ccc3c(c2)OCO3)[C@@]2(O)C(=O)OC[C@@]12O. The van der Waals surface area contributed by atoms with Crippen molar-refractivity contribution < 1.29 is 53.0 Å². The smallest absolute Gasteiger partial charge is 0.342 e. The molecule has 0 bridgehead atoms. The van der Waals surface area contributed by atoms with E-state index in [9.17, 15) is 19.8 Å². The summed E-state index contributed by atoms with van der Waals surface area (Å²) < 4.78 is 38.8. The van der Waals surface area contributed by atoms with E-state index >= 15 is 0 Å². The molecular weight excluding hydrogens is 500 g/mol. The van der Waals surface area contributed by atoms with Gasteiger partial charge in [0.05, 0.1) is 27.2 Å². The first kappa shape index (κ1) is 25.7. The van der Waals surface area contributed by atoms with Gasteiger partial charge in [-0.25, -0.2) is 9.59 Å². The Morgan fingerprint density at radius 3 is 2.39 bits per heavy atom. The Balaban J connectivity index is 1.86.